The van der Waals surface area contributed by atoms with E-state index in [1.54, 1.807) is 4.31 Å². The van der Waals surface area contributed by atoms with Crippen molar-refractivity contribution in [3.8, 4) is 6.01 Å². The minimum atomic E-state index is -3.28. The Balaban J connectivity index is 1.45. The highest BCUT2D eigenvalue weighted by Gasteiger charge is 2.34. The highest BCUT2D eigenvalue weighted by atomic mass is 32.2. The molecule has 3 heterocycles. The third-order valence-electron chi connectivity index (χ3n) is 5.95. The van der Waals surface area contributed by atoms with Gasteiger partial charge < -0.3 is 9.25 Å². The average Bonchev–Trinajstić information content (AvgIpc) is 2.77. The zero-order chi connectivity index (χ0) is 22.0. The van der Waals surface area contributed by atoms with Crippen molar-refractivity contribution in [1.29, 1.82) is 0 Å². The van der Waals surface area contributed by atoms with Gasteiger partial charge in [0.05, 0.1) is 11.0 Å². The molecule has 0 radical (unpaired) electrons. The van der Waals surface area contributed by atoms with Crippen molar-refractivity contribution in [3.05, 3.63) is 32.4 Å². The molecular formula is C20H26N4O6S. The molecule has 2 aromatic rings. The number of fused-ring (bicyclic) bond motifs is 1. The maximum Gasteiger partial charge on any atom is 0.337 e. The van der Waals surface area contributed by atoms with E-state index in [0.29, 0.717) is 43.6 Å². The molecule has 2 fully saturated rings. The second kappa shape index (κ2) is 8.91. The summed E-state index contributed by atoms with van der Waals surface area (Å²) in [5, 5.41) is 3.98. The lowest BCUT2D eigenvalue weighted by atomic mass is 10.0. The first kappa shape index (κ1) is 21.7. The number of hydrogen-bond acceptors (Lipinski definition) is 8. The van der Waals surface area contributed by atoms with Gasteiger partial charge in [-0.25, -0.2) is 17.5 Å². The van der Waals surface area contributed by atoms with E-state index in [2.05, 4.69) is 15.1 Å². The Labute approximate surface area is 179 Å². The van der Waals surface area contributed by atoms with Gasteiger partial charge in [-0.1, -0.05) is 31.3 Å². The van der Waals surface area contributed by atoms with Gasteiger partial charge in [0.25, 0.3) is 5.56 Å². The molecule has 168 valence electrons. The number of aromatic amines is 1. The summed E-state index contributed by atoms with van der Waals surface area (Å²) in [6.07, 6.45) is 5.88. The summed E-state index contributed by atoms with van der Waals surface area (Å²) in [7, 11) is -3.28. The molecule has 31 heavy (non-hydrogen) atoms. The van der Waals surface area contributed by atoms with E-state index >= 15 is 0 Å². The summed E-state index contributed by atoms with van der Waals surface area (Å²) in [5.74, 6) is 0. The maximum absolute atomic E-state index is 12.8. The van der Waals surface area contributed by atoms with Gasteiger partial charge in [0.1, 0.15) is 5.39 Å². The summed E-state index contributed by atoms with van der Waals surface area (Å²) in [5.41, 5.74) is 0.0585. The highest BCUT2D eigenvalue weighted by Crippen LogP contribution is 2.27. The molecule has 1 N–H and O–H groups in total. The van der Waals surface area contributed by atoms with Crippen LogP contribution >= 0.6 is 0 Å². The van der Waals surface area contributed by atoms with Gasteiger partial charge in [-0.05, 0) is 24.8 Å². The lowest BCUT2D eigenvalue weighted by Crippen LogP contribution is -2.44. The number of hydrogen-bond donors (Lipinski definition) is 1. The monoisotopic (exact) mass is 450 g/mol. The minimum absolute atomic E-state index is 0.100. The predicted octanol–water partition coefficient (Wildman–Crippen LogP) is 1.93. The molecule has 4 rings (SSSR count). The molecule has 0 amide bonds. The van der Waals surface area contributed by atoms with Crippen LogP contribution in [0.5, 0.6) is 6.01 Å². The van der Waals surface area contributed by atoms with Crippen LogP contribution in [0.4, 0.5) is 0 Å². The lowest BCUT2D eigenvalue weighted by Gasteiger charge is -2.32. The fourth-order valence-corrected chi connectivity index (χ4v) is 6.27. The minimum Gasteiger partial charge on any atom is -0.403 e. The standard InChI is InChI=1S/C20H26N4O6S/c1-2-13-12-16(25)29-19-17(13)18(26)21-20(22-19)30-23-14-8-10-24(11-9-14)31(27,28)15-6-4-3-5-7-15/h12,15H,2-11H2,1H3,(H,21,22,26). The Bertz CT molecular complexity index is 1200. The smallest absolute Gasteiger partial charge is 0.337 e. The summed E-state index contributed by atoms with van der Waals surface area (Å²) < 4.78 is 32.3. The van der Waals surface area contributed by atoms with Crippen LogP contribution in [0.1, 0.15) is 57.4 Å². The molecule has 0 aromatic carbocycles. The maximum atomic E-state index is 12.8. The summed E-state index contributed by atoms with van der Waals surface area (Å²) in [6, 6.07) is 1.09. The molecule has 1 aliphatic carbocycles. The third-order valence-corrected chi connectivity index (χ3v) is 8.35. The number of nitrogens with zero attached hydrogens (tertiary/aromatic N) is 3. The van der Waals surface area contributed by atoms with Crippen LogP contribution in [0.3, 0.4) is 0 Å². The molecule has 0 atom stereocenters. The Kier molecular flexibility index (Phi) is 6.24. The molecule has 0 spiro atoms. The first-order valence-electron chi connectivity index (χ1n) is 10.7. The molecule has 1 saturated heterocycles. The Morgan fingerprint density at radius 3 is 2.61 bits per heavy atom. The molecule has 0 bridgehead atoms. The van der Waals surface area contributed by atoms with Gasteiger partial charge in [-0.3, -0.25) is 9.78 Å². The van der Waals surface area contributed by atoms with E-state index in [1.165, 1.54) is 6.07 Å². The second-order valence-corrected chi connectivity index (χ2v) is 10.2. The van der Waals surface area contributed by atoms with E-state index in [4.69, 9.17) is 9.25 Å². The Hall–Kier alpha value is -2.53. The molecule has 1 aliphatic heterocycles. The van der Waals surface area contributed by atoms with E-state index in [-0.39, 0.29) is 22.4 Å². The number of piperidine rings is 1. The van der Waals surface area contributed by atoms with Crippen molar-refractivity contribution in [3.63, 3.8) is 0 Å². The van der Waals surface area contributed by atoms with Crippen molar-refractivity contribution in [1.82, 2.24) is 14.3 Å². The summed E-state index contributed by atoms with van der Waals surface area (Å²) in [6.45, 7) is 2.54. The lowest BCUT2D eigenvalue weighted by molar-refractivity contribution is 0.303. The number of nitrogens with one attached hydrogen (secondary N) is 1. The van der Waals surface area contributed by atoms with Crippen molar-refractivity contribution in [2.24, 2.45) is 5.16 Å². The van der Waals surface area contributed by atoms with Crippen LogP contribution in [0.25, 0.3) is 11.1 Å². The van der Waals surface area contributed by atoms with Crippen LogP contribution < -0.4 is 16.0 Å². The van der Waals surface area contributed by atoms with Crippen molar-refractivity contribution < 1.29 is 17.7 Å². The third kappa shape index (κ3) is 4.57. The van der Waals surface area contributed by atoms with Crippen LogP contribution in [0, 0.1) is 0 Å². The van der Waals surface area contributed by atoms with Crippen molar-refractivity contribution in [2.45, 2.75) is 63.5 Å². The number of aromatic nitrogens is 2. The van der Waals surface area contributed by atoms with Gasteiger partial charge in [0, 0.05) is 32.0 Å². The normalized spacial score (nSPS) is 18.9. The predicted molar refractivity (Wildman–Crippen MR) is 115 cm³/mol. The highest BCUT2D eigenvalue weighted by molar-refractivity contribution is 7.89. The molecule has 11 heteroatoms. The number of H-pyrrole nitrogens is 1. The fraction of sp³-hybridized carbons (Fsp3) is 0.600. The van der Waals surface area contributed by atoms with E-state index < -0.39 is 21.2 Å². The molecule has 0 unspecified atom stereocenters. The molecule has 10 nitrogen and oxygen atoms in total. The quantitative estimate of drug-likeness (QED) is 0.688. The number of oxime groups is 1. The fourth-order valence-electron chi connectivity index (χ4n) is 4.22. The van der Waals surface area contributed by atoms with Crippen LogP contribution in [-0.4, -0.2) is 46.7 Å². The second-order valence-electron chi connectivity index (χ2n) is 7.95. The zero-order valence-electron chi connectivity index (χ0n) is 17.4. The first-order chi connectivity index (χ1) is 14.9. The van der Waals surface area contributed by atoms with Gasteiger partial charge in [0.2, 0.25) is 15.7 Å². The number of sulfonamides is 1. The van der Waals surface area contributed by atoms with Crippen LogP contribution in [0.15, 0.2) is 25.2 Å². The molecule has 2 aromatic heterocycles. The molecular weight excluding hydrogens is 424 g/mol. The van der Waals surface area contributed by atoms with E-state index in [9.17, 15) is 18.0 Å². The Morgan fingerprint density at radius 2 is 1.94 bits per heavy atom. The summed E-state index contributed by atoms with van der Waals surface area (Å²) in [4.78, 5) is 35.9. The largest absolute Gasteiger partial charge is 0.403 e. The van der Waals surface area contributed by atoms with Crippen molar-refractivity contribution in [2.75, 3.05) is 13.1 Å². The van der Waals surface area contributed by atoms with Gasteiger partial charge in [0.15, 0.2) is 0 Å². The molecule has 1 saturated carbocycles. The van der Waals surface area contributed by atoms with Gasteiger partial charge in [-0.15, -0.1) is 0 Å². The molecule has 2 aliphatic rings. The van der Waals surface area contributed by atoms with E-state index in [1.807, 2.05) is 6.92 Å². The van der Waals surface area contributed by atoms with Crippen LogP contribution in [0.2, 0.25) is 0 Å². The first-order valence-corrected chi connectivity index (χ1v) is 12.2. The number of aryl methyl sites for hydroxylation is 1. The van der Waals surface area contributed by atoms with Crippen LogP contribution in [-0.2, 0) is 16.4 Å². The SMILES string of the molecule is CCc1cc(=O)oc2nc(ON=C3CCN(S(=O)(=O)C4CCCCC4)CC3)[nH]c(=O)c12. The summed E-state index contributed by atoms with van der Waals surface area (Å²) >= 11 is 0. The average molecular weight is 451 g/mol. The topological polar surface area (TPSA) is 135 Å². The van der Waals surface area contributed by atoms with Gasteiger partial charge in [-0.2, -0.15) is 4.98 Å². The van der Waals surface area contributed by atoms with E-state index in [0.717, 1.165) is 32.1 Å². The van der Waals surface area contributed by atoms with Gasteiger partial charge >= 0.3 is 11.6 Å². The zero-order valence-corrected chi connectivity index (χ0v) is 18.2. The van der Waals surface area contributed by atoms with Crippen molar-refractivity contribution >= 4 is 26.8 Å². The Morgan fingerprint density at radius 1 is 1.23 bits per heavy atom. The number of rotatable bonds is 5.